The number of thiazole rings is 1. The highest BCUT2D eigenvalue weighted by Crippen LogP contribution is 2.22. The first kappa shape index (κ1) is 17.5. The fraction of sp³-hybridized carbons (Fsp3) is 0.111. The molecule has 1 heterocycles. The largest absolute Gasteiger partial charge is 0.302 e. The summed E-state index contributed by atoms with van der Waals surface area (Å²) in [5.41, 5.74) is 0.632. The number of fused-ring (bicyclic) bond motifs is 1. The Balaban J connectivity index is 2.16. The summed E-state index contributed by atoms with van der Waals surface area (Å²) in [6.45, 7) is 1.63. The van der Waals surface area contributed by atoms with Crippen LogP contribution < -0.4 is 4.80 Å². The molecule has 3 aromatic rings. The molecule has 130 valence electrons. The maximum atomic E-state index is 14.1. The van der Waals surface area contributed by atoms with E-state index in [-0.39, 0.29) is 28.1 Å². The second kappa shape index (κ2) is 6.90. The van der Waals surface area contributed by atoms with Crippen LogP contribution in [0.5, 0.6) is 0 Å². The number of hydrogen-bond donors (Lipinski definition) is 0. The zero-order valence-corrected chi connectivity index (χ0v) is 14.4. The number of carbonyl (C=O) groups is 1. The highest BCUT2D eigenvalue weighted by molar-refractivity contribution is 7.16. The fourth-order valence-corrected chi connectivity index (χ4v) is 3.54. The molecule has 1 aromatic heterocycles. The fourth-order valence-electron chi connectivity index (χ4n) is 2.50. The topological polar surface area (TPSA) is 77.5 Å². The molecule has 0 aliphatic carbocycles. The van der Waals surface area contributed by atoms with Gasteiger partial charge in [0, 0.05) is 17.2 Å². The van der Waals surface area contributed by atoms with Crippen LogP contribution in [-0.2, 0) is 6.54 Å². The van der Waals surface area contributed by atoms with Gasteiger partial charge < -0.3 is 4.57 Å². The number of terminal acetylenes is 1. The average molecular weight is 369 g/mol. The lowest BCUT2D eigenvalue weighted by atomic mass is 10.1. The van der Waals surface area contributed by atoms with E-state index in [1.54, 1.807) is 19.1 Å². The van der Waals surface area contributed by atoms with Crippen molar-refractivity contribution in [3.8, 4) is 12.3 Å². The molecule has 0 saturated carbocycles. The van der Waals surface area contributed by atoms with E-state index in [9.17, 15) is 19.3 Å². The molecule has 1 amide bonds. The van der Waals surface area contributed by atoms with E-state index in [1.807, 2.05) is 0 Å². The Labute approximate surface area is 151 Å². The number of nitro groups is 1. The summed E-state index contributed by atoms with van der Waals surface area (Å²) in [5, 5.41) is 11.0. The Morgan fingerprint density at radius 3 is 2.88 bits per heavy atom. The van der Waals surface area contributed by atoms with Crippen molar-refractivity contribution in [2.45, 2.75) is 13.5 Å². The molecule has 2 aromatic carbocycles. The van der Waals surface area contributed by atoms with Crippen LogP contribution in [-0.4, -0.2) is 15.4 Å². The molecule has 0 aliphatic rings. The average Bonchev–Trinajstić information content (AvgIpc) is 2.94. The second-order valence-electron chi connectivity index (χ2n) is 5.44. The van der Waals surface area contributed by atoms with Crippen LogP contribution in [0.1, 0.15) is 15.9 Å². The molecule has 0 fully saturated rings. The zero-order valence-electron chi connectivity index (χ0n) is 13.6. The van der Waals surface area contributed by atoms with Crippen molar-refractivity contribution in [1.29, 1.82) is 0 Å². The Morgan fingerprint density at radius 1 is 1.42 bits per heavy atom. The van der Waals surface area contributed by atoms with Gasteiger partial charge in [-0.1, -0.05) is 29.4 Å². The van der Waals surface area contributed by atoms with Gasteiger partial charge in [-0.2, -0.15) is 4.99 Å². The van der Waals surface area contributed by atoms with Crippen molar-refractivity contribution in [3.63, 3.8) is 0 Å². The van der Waals surface area contributed by atoms with Crippen molar-refractivity contribution in [1.82, 2.24) is 4.57 Å². The predicted octanol–water partition coefficient (Wildman–Crippen LogP) is 3.43. The van der Waals surface area contributed by atoms with Crippen LogP contribution >= 0.6 is 11.3 Å². The lowest BCUT2D eigenvalue weighted by molar-refractivity contribution is -0.385. The number of aryl methyl sites for hydroxylation is 1. The predicted molar refractivity (Wildman–Crippen MR) is 96.3 cm³/mol. The Kier molecular flexibility index (Phi) is 4.65. The van der Waals surface area contributed by atoms with E-state index >= 15 is 0 Å². The van der Waals surface area contributed by atoms with E-state index in [2.05, 4.69) is 10.9 Å². The summed E-state index contributed by atoms with van der Waals surface area (Å²) in [6, 6.07) is 8.70. The van der Waals surface area contributed by atoms with Crippen LogP contribution in [0.15, 0.2) is 41.4 Å². The summed E-state index contributed by atoms with van der Waals surface area (Å²) >= 11 is 1.12. The molecule has 0 radical (unpaired) electrons. The highest BCUT2D eigenvalue weighted by Gasteiger charge is 2.16. The SMILES string of the molecule is C#CCn1c(=NC(=O)c2ccc(C)c([N+](=O)[O-])c2)sc2cccc(F)c21. The van der Waals surface area contributed by atoms with Crippen LogP contribution in [0.3, 0.4) is 0 Å². The van der Waals surface area contributed by atoms with Crippen LogP contribution in [0.25, 0.3) is 10.2 Å². The van der Waals surface area contributed by atoms with E-state index in [1.165, 1.54) is 28.8 Å². The van der Waals surface area contributed by atoms with Crippen LogP contribution in [0, 0.1) is 35.2 Å². The number of hydrogen-bond acceptors (Lipinski definition) is 4. The van der Waals surface area contributed by atoms with E-state index < -0.39 is 16.6 Å². The van der Waals surface area contributed by atoms with Gasteiger partial charge in [0.25, 0.3) is 11.6 Å². The van der Waals surface area contributed by atoms with Gasteiger partial charge in [0.1, 0.15) is 5.82 Å². The van der Waals surface area contributed by atoms with E-state index in [0.717, 1.165) is 11.3 Å². The van der Waals surface area contributed by atoms with Crippen molar-refractivity contribution < 1.29 is 14.1 Å². The minimum atomic E-state index is -0.661. The molecule has 0 spiro atoms. The summed E-state index contributed by atoms with van der Waals surface area (Å²) in [6.07, 6.45) is 5.35. The maximum absolute atomic E-state index is 14.1. The molecular weight excluding hydrogens is 357 g/mol. The first-order valence-corrected chi connectivity index (χ1v) is 8.29. The van der Waals surface area contributed by atoms with Gasteiger partial charge in [0.2, 0.25) is 0 Å². The van der Waals surface area contributed by atoms with Gasteiger partial charge in [0.05, 0.1) is 21.7 Å². The molecule has 0 aliphatic heterocycles. The molecular formula is C18H12FN3O3S. The van der Waals surface area contributed by atoms with Crippen LogP contribution in [0.2, 0.25) is 0 Å². The van der Waals surface area contributed by atoms with Crippen LogP contribution in [0.4, 0.5) is 10.1 Å². The van der Waals surface area contributed by atoms with Crippen molar-refractivity contribution in [3.05, 3.63) is 68.3 Å². The maximum Gasteiger partial charge on any atom is 0.279 e. The number of aromatic nitrogens is 1. The number of para-hydroxylation sites is 1. The molecule has 0 saturated heterocycles. The number of nitro benzene ring substituents is 1. The second-order valence-corrected chi connectivity index (χ2v) is 6.45. The normalized spacial score (nSPS) is 11.5. The minimum absolute atomic E-state index is 0.0428. The number of halogens is 1. The van der Waals surface area contributed by atoms with E-state index in [0.29, 0.717) is 10.3 Å². The molecule has 0 N–H and O–H groups in total. The minimum Gasteiger partial charge on any atom is -0.302 e. The molecule has 0 bridgehead atoms. The summed E-state index contributed by atoms with van der Waals surface area (Å²) < 4.78 is 16.2. The van der Waals surface area contributed by atoms with Gasteiger partial charge in [-0.05, 0) is 25.1 Å². The lowest BCUT2D eigenvalue weighted by Gasteiger charge is -2.01. The molecule has 8 heteroatoms. The van der Waals surface area contributed by atoms with Crippen molar-refractivity contribution >= 4 is 33.1 Å². The van der Waals surface area contributed by atoms with Gasteiger partial charge in [0.15, 0.2) is 4.80 Å². The summed E-state index contributed by atoms with van der Waals surface area (Å²) in [7, 11) is 0. The number of carbonyl (C=O) groups excluding carboxylic acids is 1. The van der Waals surface area contributed by atoms with Crippen molar-refractivity contribution in [2.24, 2.45) is 4.99 Å². The molecule has 0 atom stereocenters. The van der Waals surface area contributed by atoms with Gasteiger partial charge in [-0.15, -0.1) is 6.42 Å². The molecule has 3 rings (SSSR count). The third kappa shape index (κ3) is 3.12. The Bertz CT molecular complexity index is 1150. The molecule has 26 heavy (non-hydrogen) atoms. The van der Waals surface area contributed by atoms with Gasteiger partial charge >= 0.3 is 0 Å². The molecule has 0 unspecified atom stereocenters. The highest BCUT2D eigenvalue weighted by atomic mass is 32.1. The first-order chi connectivity index (χ1) is 12.4. The Morgan fingerprint density at radius 2 is 2.19 bits per heavy atom. The monoisotopic (exact) mass is 369 g/mol. The third-order valence-electron chi connectivity index (χ3n) is 3.75. The van der Waals surface area contributed by atoms with E-state index in [4.69, 9.17) is 6.42 Å². The van der Waals surface area contributed by atoms with Gasteiger partial charge in [-0.25, -0.2) is 4.39 Å². The third-order valence-corrected chi connectivity index (χ3v) is 4.79. The number of benzene rings is 2. The summed E-state index contributed by atoms with van der Waals surface area (Å²) in [4.78, 5) is 27.2. The lowest BCUT2D eigenvalue weighted by Crippen LogP contribution is -2.17. The van der Waals surface area contributed by atoms with Crippen molar-refractivity contribution in [2.75, 3.05) is 0 Å². The number of rotatable bonds is 3. The standard InChI is InChI=1S/C18H12FN3O3S/c1-3-9-21-16-13(19)5-4-6-15(16)26-18(21)20-17(23)12-8-7-11(2)14(10-12)22(24)25/h1,4-8,10H,9H2,2H3. The summed E-state index contributed by atoms with van der Waals surface area (Å²) in [5.74, 6) is 1.29. The Hall–Kier alpha value is -3.31. The zero-order chi connectivity index (χ0) is 18.8. The number of nitrogens with zero attached hydrogens (tertiary/aromatic N) is 3. The quantitative estimate of drug-likeness (QED) is 0.403. The van der Waals surface area contributed by atoms with Gasteiger partial charge in [-0.3, -0.25) is 14.9 Å². The molecule has 6 nitrogen and oxygen atoms in total. The first-order valence-electron chi connectivity index (χ1n) is 7.48. The number of amides is 1. The smallest absolute Gasteiger partial charge is 0.279 e.